The Morgan fingerprint density at radius 1 is 1.64 bits per heavy atom. The van der Waals surface area contributed by atoms with Gasteiger partial charge in [0.1, 0.15) is 12.3 Å². The van der Waals surface area contributed by atoms with Gasteiger partial charge < -0.3 is 10.2 Å². The molecular formula is C7H10N2O2. The Balaban J connectivity index is 1.87. The molecule has 11 heavy (non-hydrogen) atoms. The van der Waals surface area contributed by atoms with Gasteiger partial charge >= 0.3 is 0 Å². The van der Waals surface area contributed by atoms with Gasteiger partial charge in [0.15, 0.2) is 0 Å². The molecule has 1 amide bonds. The predicted octanol–water partition coefficient (Wildman–Crippen LogP) is 0.0413. The van der Waals surface area contributed by atoms with E-state index in [1.807, 2.05) is 0 Å². The van der Waals surface area contributed by atoms with E-state index in [1.165, 1.54) is 0 Å². The van der Waals surface area contributed by atoms with Gasteiger partial charge in [0.05, 0.1) is 0 Å². The molecule has 0 unspecified atom stereocenters. The van der Waals surface area contributed by atoms with Gasteiger partial charge in [0.2, 0.25) is 0 Å². The van der Waals surface area contributed by atoms with Crippen molar-refractivity contribution in [3.63, 3.8) is 0 Å². The second-order valence-corrected chi connectivity index (χ2v) is 2.87. The van der Waals surface area contributed by atoms with E-state index in [0.29, 0.717) is 24.8 Å². The fourth-order valence-corrected chi connectivity index (χ4v) is 0.963. The van der Waals surface area contributed by atoms with Crippen molar-refractivity contribution in [2.24, 2.45) is 5.16 Å². The minimum absolute atomic E-state index is 0.0509. The quantitative estimate of drug-likeness (QED) is 0.610. The van der Waals surface area contributed by atoms with Crippen LogP contribution in [-0.2, 0) is 9.63 Å². The molecule has 1 N–H and O–H groups in total. The summed E-state index contributed by atoms with van der Waals surface area (Å²) in [7, 11) is 0. The third-order valence-corrected chi connectivity index (χ3v) is 1.78. The number of carbonyl (C=O) groups excluding carboxylic acids is 1. The van der Waals surface area contributed by atoms with Crippen LogP contribution >= 0.6 is 0 Å². The van der Waals surface area contributed by atoms with Crippen molar-refractivity contribution in [1.82, 2.24) is 5.32 Å². The molecule has 0 aromatic heterocycles. The fraction of sp³-hybridized carbons (Fsp3) is 0.714. The van der Waals surface area contributed by atoms with Crippen LogP contribution in [0.5, 0.6) is 0 Å². The molecule has 2 rings (SSSR count). The van der Waals surface area contributed by atoms with Crippen LogP contribution < -0.4 is 5.32 Å². The number of rotatable bonds is 2. The lowest BCUT2D eigenvalue weighted by molar-refractivity contribution is -0.115. The van der Waals surface area contributed by atoms with Crippen LogP contribution in [0.25, 0.3) is 0 Å². The highest BCUT2D eigenvalue weighted by Crippen LogP contribution is 2.18. The summed E-state index contributed by atoms with van der Waals surface area (Å²) in [5, 5.41) is 6.47. The predicted molar refractivity (Wildman–Crippen MR) is 39.2 cm³/mol. The van der Waals surface area contributed by atoms with Gasteiger partial charge in [-0.25, -0.2) is 0 Å². The lowest BCUT2D eigenvalue weighted by atomic mass is 10.3. The zero-order valence-corrected chi connectivity index (χ0v) is 6.17. The summed E-state index contributed by atoms with van der Waals surface area (Å²) in [4.78, 5) is 15.9. The van der Waals surface area contributed by atoms with Crippen LogP contribution in [0.4, 0.5) is 0 Å². The Kier molecular flexibility index (Phi) is 1.52. The first kappa shape index (κ1) is 6.64. The minimum Gasteiger partial charge on any atom is -0.395 e. The average Bonchev–Trinajstić information content (AvgIpc) is 2.67. The summed E-state index contributed by atoms with van der Waals surface area (Å²) < 4.78 is 0. The van der Waals surface area contributed by atoms with Crippen molar-refractivity contribution in [3.05, 3.63) is 0 Å². The van der Waals surface area contributed by atoms with Crippen molar-refractivity contribution in [2.75, 3.05) is 6.61 Å². The Morgan fingerprint density at radius 3 is 3.00 bits per heavy atom. The SMILES string of the molecule is O=C(NC1CC1)C1=NOCC1. The van der Waals surface area contributed by atoms with E-state index in [9.17, 15) is 4.79 Å². The lowest BCUT2D eigenvalue weighted by Crippen LogP contribution is -2.31. The summed E-state index contributed by atoms with van der Waals surface area (Å²) in [6, 6.07) is 0.408. The third-order valence-electron chi connectivity index (χ3n) is 1.78. The average molecular weight is 154 g/mol. The van der Waals surface area contributed by atoms with E-state index in [0.717, 1.165) is 12.8 Å². The van der Waals surface area contributed by atoms with Crippen molar-refractivity contribution in [1.29, 1.82) is 0 Å². The Bertz CT molecular complexity index is 208. The van der Waals surface area contributed by atoms with Crippen molar-refractivity contribution in [2.45, 2.75) is 25.3 Å². The molecule has 0 aromatic rings. The van der Waals surface area contributed by atoms with E-state index in [-0.39, 0.29) is 5.91 Å². The van der Waals surface area contributed by atoms with Crippen LogP contribution in [-0.4, -0.2) is 24.3 Å². The van der Waals surface area contributed by atoms with Crippen molar-refractivity contribution < 1.29 is 9.63 Å². The molecule has 0 bridgehead atoms. The zero-order chi connectivity index (χ0) is 7.68. The van der Waals surface area contributed by atoms with Crippen LogP contribution in [0.15, 0.2) is 5.16 Å². The van der Waals surface area contributed by atoms with Gasteiger partial charge in [-0.3, -0.25) is 4.79 Å². The van der Waals surface area contributed by atoms with Crippen LogP contribution in [0.2, 0.25) is 0 Å². The molecule has 1 aliphatic carbocycles. The Morgan fingerprint density at radius 2 is 2.45 bits per heavy atom. The molecular weight excluding hydrogens is 144 g/mol. The monoisotopic (exact) mass is 154 g/mol. The highest BCUT2D eigenvalue weighted by atomic mass is 16.6. The van der Waals surface area contributed by atoms with E-state index in [2.05, 4.69) is 10.5 Å². The number of hydrogen-bond donors (Lipinski definition) is 1. The standard InChI is InChI=1S/C7H10N2O2/c10-7(8-5-1-2-5)6-3-4-11-9-6/h5H,1-4H2,(H,8,10). The number of carbonyl (C=O) groups is 1. The molecule has 0 atom stereocenters. The third kappa shape index (κ3) is 1.50. The molecule has 1 aliphatic heterocycles. The summed E-state index contributed by atoms with van der Waals surface area (Å²) in [5.41, 5.74) is 0.539. The van der Waals surface area contributed by atoms with Crippen molar-refractivity contribution >= 4 is 11.6 Å². The van der Waals surface area contributed by atoms with E-state index in [4.69, 9.17) is 4.84 Å². The first-order chi connectivity index (χ1) is 5.36. The zero-order valence-electron chi connectivity index (χ0n) is 6.17. The topological polar surface area (TPSA) is 50.7 Å². The molecule has 0 aromatic carbocycles. The van der Waals surface area contributed by atoms with Gasteiger partial charge in [0, 0.05) is 12.5 Å². The summed E-state index contributed by atoms with van der Waals surface area (Å²) in [5.74, 6) is -0.0509. The molecule has 4 heteroatoms. The normalized spacial score (nSPS) is 22.4. The van der Waals surface area contributed by atoms with Crippen LogP contribution in [0, 0.1) is 0 Å². The van der Waals surface area contributed by atoms with Gasteiger partial charge in [-0.1, -0.05) is 5.16 Å². The van der Waals surface area contributed by atoms with E-state index < -0.39 is 0 Å². The molecule has 0 saturated heterocycles. The van der Waals surface area contributed by atoms with E-state index >= 15 is 0 Å². The second kappa shape index (κ2) is 2.53. The molecule has 0 spiro atoms. The van der Waals surface area contributed by atoms with Gasteiger partial charge in [-0.2, -0.15) is 0 Å². The van der Waals surface area contributed by atoms with Crippen LogP contribution in [0.3, 0.4) is 0 Å². The first-order valence-electron chi connectivity index (χ1n) is 3.86. The molecule has 1 saturated carbocycles. The number of oxime groups is 1. The Hall–Kier alpha value is -1.06. The largest absolute Gasteiger partial charge is 0.395 e. The number of hydrogen-bond acceptors (Lipinski definition) is 3. The van der Waals surface area contributed by atoms with Gasteiger partial charge in [-0.15, -0.1) is 0 Å². The van der Waals surface area contributed by atoms with Crippen LogP contribution in [0.1, 0.15) is 19.3 Å². The summed E-state index contributed by atoms with van der Waals surface area (Å²) >= 11 is 0. The smallest absolute Gasteiger partial charge is 0.269 e. The lowest BCUT2D eigenvalue weighted by Gasteiger charge is -1.98. The highest BCUT2D eigenvalue weighted by Gasteiger charge is 2.26. The van der Waals surface area contributed by atoms with Gasteiger partial charge in [-0.05, 0) is 12.8 Å². The highest BCUT2D eigenvalue weighted by molar-refractivity contribution is 6.39. The molecule has 0 radical (unpaired) electrons. The maximum absolute atomic E-state index is 11.2. The maximum atomic E-state index is 11.2. The number of amides is 1. The molecule has 1 heterocycles. The minimum atomic E-state index is -0.0509. The maximum Gasteiger partial charge on any atom is 0.269 e. The number of nitrogens with zero attached hydrogens (tertiary/aromatic N) is 1. The molecule has 2 aliphatic rings. The Labute approximate surface area is 64.6 Å². The summed E-state index contributed by atoms with van der Waals surface area (Å²) in [6.07, 6.45) is 2.87. The molecule has 4 nitrogen and oxygen atoms in total. The van der Waals surface area contributed by atoms with Crippen molar-refractivity contribution in [3.8, 4) is 0 Å². The fourth-order valence-electron chi connectivity index (χ4n) is 0.963. The summed E-state index contributed by atoms with van der Waals surface area (Å²) in [6.45, 7) is 0.549. The molecule has 60 valence electrons. The molecule has 1 fully saturated rings. The van der Waals surface area contributed by atoms with E-state index in [1.54, 1.807) is 0 Å². The number of nitrogens with one attached hydrogen (secondary N) is 1. The van der Waals surface area contributed by atoms with Gasteiger partial charge in [0.25, 0.3) is 5.91 Å². The second-order valence-electron chi connectivity index (χ2n) is 2.87. The first-order valence-corrected chi connectivity index (χ1v) is 3.86.